The number of anilines is 1. The molecular formula is C15H20N2O2. The van der Waals surface area contributed by atoms with Gasteiger partial charge in [0.2, 0.25) is 11.8 Å². The Morgan fingerprint density at radius 1 is 1.26 bits per heavy atom. The van der Waals surface area contributed by atoms with E-state index in [2.05, 4.69) is 17.6 Å². The van der Waals surface area contributed by atoms with Crippen LogP contribution < -0.4 is 10.6 Å². The van der Waals surface area contributed by atoms with Crippen LogP contribution in [0, 0.1) is 5.92 Å². The molecule has 0 aromatic heterocycles. The van der Waals surface area contributed by atoms with Crippen LogP contribution in [0.4, 0.5) is 5.69 Å². The number of benzene rings is 1. The van der Waals surface area contributed by atoms with Gasteiger partial charge >= 0.3 is 0 Å². The Labute approximate surface area is 113 Å². The highest BCUT2D eigenvalue weighted by Crippen LogP contribution is 2.32. The molecule has 1 aromatic carbocycles. The Morgan fingerprint density at radius 2 is 1.89 bits per heavy atom. The van der Waals surface area contributed by atoms with Crippen LogP contribution in [0.5, 0.6) is 0 Å². The van der Waals surface area contributed by atoms with E-state index in [1.54, 1.807) is 0 Å². The molecule has 4 heteroatoms. The summed E-state index contributed by atoms with van der Waals surface area (Å²) in [6.45, 7) is 3.54. The molecule has 1 saturated carbocycles. The zero-order valence-electron chi connectivity index (χ0n) is 11.4. The quantitative estimate of drug-likeness (QED) is 0.851. The van der Waals surface area contributed by atoms with Crippen molar-refractivity contribution in [1.82, 2.24) is 5.32 Å². The van der Waals surface area contributed by atoms with Crippen molar-refractivity contribution in [3.05, 3.63) is 29.8 Å². The molecule has 0 heterocycles. The molecule has 0 spiro atoms. The van der Waals surface area contributed by atoms with Crippen molar-refractivity contribution in [1.29, 1.82) is 0 Å². The Bertz CT molecular complexity index is 464. The molecule has 4 nitrogen and oxygen atoms in total. The SMILES string of the molecule is CC(=O)Nc1ccc(CC(=O)NC(C)C2CC2)cc1. The molecule has 0 aliphatic heterocycles. The summed E-state index contributed by atoms with van der Waals surface area (Å²) in [5.41, 5.74) is 1.71. The summed E-state index contributed by atoms with van der Waals surface area (Å²) < 4.78 is 0. The minimum Gasteiger partial charge on any atom is -0.353 e. The molecule has 2 N–H and O–H groups in total. The van der Waals surface area contributed by atoms with E-state index in [1.165, 1.54) is 19.8 Å². The molecule has 1 atom stereocenters. The van der Waals surface area contributed by atoms with Gasteiger partial charge in [0.05, 0.1) is 6.42 Å². The number of carbonyl (C=O) groups excluding carboxylic acids is 2. The summed E-state index contributed by atoms with van der Waals surface area (Å²) in [5, 5.41) is 5.73. The summed E-state index contributed by atoms with van der Waals surface area (Å²) in [4.78, 5) is 22.7. The van der Waals surface area contributed by atoms with Crippen LogP contribution in [-0.2, 0) is 16.0 Å². The molecule has 0 radical (unpaired) electrons. The Balaban J connectivity index is 1.84. The fourth-order valence-electron chi connectivity index (χ4n) is 2.11. The molecule has 2 amide bonds. The first kappa shape index (κ1) is 13.6. The lowest BCUT2D eigenvalue weighted by Crippen LogP contribution is -2.35. The van der Waals surface area contributed by atoms with Crippen molar-refractivity contribution in [2.75, 3.05) is 5.32 Å². The maximum atomic E-state index is 11.8. The van der Waals surface area contributed by atoms with Crippen LogP contribution in [0.2, 0.25) is 0 Å². The lowest BCUT2D eigenvalue weighted by Gasteiger charge is -2.12. The second kappa shape index (κ2) is 5.87. The van der Waals surface area contributed by atoms with Gasteiger partial charge in [-0.25, -0.2) is 0 Å². The van der Waals surface area contributed by atoms with E-state index in [0.717, 1.165) is 11.3 Å². The highest BCUT2D eigenvalue weighted by molar-refractivity contribution is 5.88. The van der Waals surface area contributed by atoms with Crippen LogP contribution in [0.1, 0.15) is 32.3 Å². The van der Waals surface area contributed by atoms with E-state index in [-0.39, 0.29) is 17.9 Å². The van der Waals surface area contributed by atoms with E-state index < -0.39 is 0 Å². The van der Waals surface area contributed by atoms with Gasteiger partial charge in [-0.1, -0.05) is 12.1 Å². The highest BCUT2D eigenvalue weighted by atomic mass is 16.2. The lowest BCUT2D eigenvalue weighted by atomic mass is 10.1. The molecule has 1 aliphatic carbocycles. The molecule has 1 unspecified atom stereocenters. The van der Waals surface area contributed by atoms with Crippen molar-refractivity contribution in [3.8, 4) is 0 Å². The first-order chi connectivity index (χ1) is 9.04. The summed E-state index contributed by atoms with van der Waals surface area (Å²) >= 11 is 0. The van der Waals surface area contributed by atoms with Crippen LogP contribution >= 0.6 is 0 Å². The van der Waals surface area contributed by atoms with E-state index in [9.17, 15) is 9.59 Å². The van der Waals surface area contributed by atoms with Crippen LogP contribution in [0.15, 0.2) is 24.3 Å². The molecule has 1 fully saturated rings. The smallest absolute Gasteiger partial charge is 0.224 e. The molecule has 0 bridgehead atoms. The number of rotatable bonds is 5. The molecule has 0 saturated heterocycles. The van der Waals surface area contributed by atoms with Crippen LogP contribution in [0.25, 0.3) is 0 Å². The molecule has 1 aliphatic rings. The molecule has 1 aromatic rings. The first-order valence-corrected chi connectivity index (χ1v) is 6.70. The van der Waals surface area contributed by atoms with Gasteiger partial charge in [0.1, 0.15) is 0 Å². The molecule has 102 valence electrons. The largest absolute Gasteiger partial charge is 0.353 e. The third-order valence-electron chi connectivity index (χ3n) is 3.36. The van der Waals surface area contributed by atoms with E-state index in [4.69, 9.17) is 0 Å². The monoisotopic (exact) mass is 260 g/mol. The molecular weight excluding hydrogens is 240 g/mol. The highest BCUT2D eigenvalue weighted by Gasteiger charge is 2.28. The number of nitrogens with one attached hydrogen (secondary N) is 2. The minimum atomic E-state index is -0.0937. The first-order valence-electron chi connectivity index (χ1n) is 6.70. The molecule has 2 rings (SSSR count). The summed E-state index contributed by atoms with van der Waals surface area (Å²) in [6.07, 6.45) is 2.84. The maximum absolute atomic E-state index is 11.8. The lowest BCUT2D eigenvalue weighted by molar-refractivity contribution is -0.121. The minimum absolute atomic E-state index is 0.0617. The standard InChI is InChI=1S/C15H20N2O2/c1-10(13-5-6-13)16-15(19)9-12-3-7-14(8-4-12)17-11(2)18/h3-4,7-8,10,13H,5-6,9H2,1-2H3,(H,16,19)(H,17,18). The summed E-state index contributed by atoms with van der Waals surface area (Å²) in [6, 6.07) is 7.65. The zero-order chi connectivity index (χ0) is 13.8. The average Bonchev–Trinajstić information content (AvgIpc) is 3.14. The van der Waals surface area contributed by atoms with Gasteiger partial charge in [-0.3, -0.25) is 9.59 Å². The predicted octanol–water partition coefficient (Wildman–Crippen LogP) is 2.10. The number of hydrogen-bond donors (Lipinski definition) is 2. The van der Waals surface area contributed by atoms with Gasteiger partial charge < -0.3 is 10.6 Å². The normalized spacial score (nSPS) is 15.7. The van der Waals surface area contributed by atoms with Gasteiger partial charge in [0, 0.05) is 18.7 Å². The van der Waals surface area contributed by atoms with Gasteiger partial charge in [0.15, 0.2) is 0 Å². The fourth-order valence-corrected chi connectivity index (χ4v) is 2.11. The zero-order valence-corrected chi connectivity index (χ0v) is 11.4. The van der Waals surface area contributed by atoms with E-state index >= 15 is 0 Å². The number of amides is 2. The average molecular weight is 260 g/mol. The van der Waals surface area contributed by atoms with E-state index in [1.807, 2.05) is 24.3 Å². The second-order valence-corrected chi connectivity index (χ2v) is 5.25. The topological polar surface area (TPSA) is 58.2 Å². The third kappa shape index (κ3) is 4.39. The van der Waals surface area contributed by atoms with Crippen molar-refractivity contribution in [2.24, 2.45) is 5.92 Å². The fraction of sp³-hybridized carbons (Fsp3) is 0.467. The van der Waals surface area contributed by atoms with Crippen molar-refractivity contribution >= 4 is 17.5 Å². The predicted molar refractivity (Wildman–Crippen MR) is 74.8 cm³/mol. The van der Waals surface area contributed by atoms with Crippen molar-refractivity contribution in [2.45, 2.75) is 39.2 Å². The number of hydrogen-bond acceptors (Lipinski definition) is 2. The maximum Gasteiger partial charge on any atom is 0.224 e. The van der Waals surface area contributed by atoms with Crippen molar-refractivity contribution < 1.29 is 9.59 Å². The Kier molecular flexibility index (Phi) is 4.20. The Hall–Kier alpha value is -1.84. The number of carbonyl (C=O) groups is 2. The van der Waals surface area contributed by atoms with E-state index in [0.29, 0.717) is 12.3 Å². The van der Waals surface area contributed by atoms with Crippen LogP contribution in [-0.4, -0.2) is 17.9 Å². The van der Waals surface area contributed by atoms with Crippen molar-refractivity contribution in [3.63, 3.8) is 0 Å². The van der Waals surface area contributed by atoms with Gasteiger partial charge in [-0.2, -0.15) is 0 Å². The molecule has 19 heavy (non-hydrogen) atoms. The third-order valence-corrected chi connectivity index (χ3v) is 3.36. The van der Waals surface area contributed by atoms with Crippen LogP contribution in [0.3, 0.4) is 0 Å². The summed E-state index contributed by atoms with van der Waals surface area (Å²) in [7, 11) is 0. The van der Waals surface area contributed by atoms with Gasteiger partial charge in [0.25, 0.3) is 0 Å². The summed E-state index contributed by atoms with van der Waals surface area (Å²) in [5.74, 6) is 0.640. The van der Waals surface area contributed by atoms with Gasteiger partial charge in [-0.05, 0) is 43.4 Å². The Morgan fingerprint density at radius 3 is 2.42 bits per heavy atom. The van der Waals surface area contributed by atoms with Gasteiger partial charge in [-0.15, -0.1) is 0 Å². The second-order valence-electron chi connectivity index (χ2n) is 5.25.